The number of nitrogens with zero attached hydrogens (tertiary/aromatic N) is 1. The van der Waals surface area contributed by atoms with Gasteiger partial charge in [0.05, 0.1) is 22.0 Å². The molecule has 110 valence electrons. The van der Waals surface area contributed by atoms with Gasteiger partial charge in [0, 0.05) is 0 Å². The predicted octanol–water partition coefficient (Wildman–Crippen LogP) is 3.01. The molecule has 0 saturated carbocycles. The first-order valence-corrected chi connectivity index (χ1v) is 7.45. The molecule has 0 amide bonds. The van der Waals surface area contributed by atoms with Crippen molar-refractivity contribution in [3.05, 3.63) is 58.6 Å². The third kappa shape index (κ3) is 3.34. The molecule has 0 saturated heterocycles. The van der Waals surface area contributed by atoms with Gasteiger partial charge in [-0.2, -0.15) is 0 Å². The number of anilines is 2. The highest BCUT2D eigenvalue weighted by atomic mass is 35.5. The number of thiol groups is 1. The van der Waals surface area contributed by atoms with Gasteiger partial charge < -0.3 is 5.11 Å². The fraction of sp³-hybridized carbons (Fsp3) is 0.0714. The Labute approximate surface area is 128 Å². The van der Waals surface area contributed by atoms with Crippen molar-refractivity contribution < 1.29 is 18.3 Å². The minimum absolute atomic E-state index is 0.0386. The summed E-state index contributed by atoms with van der Waals surface area (Å²) >= 11 is 6.02. The monoisotopic (exact) mass is 325 g/mol. The first-order chi connectivity index (χ1) is 9.90. The molecule has 2 aromatic rings. The maximum absolute atomic E-state index is 11.6. The molecule has 0 aliphatic rings. The van der Waals surface area contributed by atoms with Crippen LogP contribution in [0.3, 0.4) is 0 Å². The van der Waals surface area contributed by atoms with Crippen molar-refractivity contribution in [3.8, 4) is 0 Å². The molecule has 0 unspecified atom stereocenters. The summed E-state index contributed by atoms with van der Waals surface area (Å²) in [6, 6.07) is 10.7. The van der Waals surface area contributed by atoms with Crippen LogP contribution in [-0.4, -0.2) is 19.5 Å². The molecule has 0 bridgehead atoms. The Morgan fingerprint density at radius 2 is 1.76 bits per heavy atom. The van der Waals surface area contributed by atoms with Crippen LogP contribution in [0.15, 0.2) is 42.5 Å². The highest BCUT2D eigenvalue weighted by Crippen LogP contribution is 2.33. The molecule has 2 aromatic carbocycles. The lowest BCUT2D eigenvalue weighted by molar-refractivity contribution is 0.0697. The van der Waals surface area contributed by atoms with E-state index in [4.69, 9.17) is 16.7 Å². The summed E-state index contributed by atoms with van der Waals surface area (Å²) in [6.07, 6.45) is 0. The van der Waals surface area contributed by atoms with Crippen LogP contribution in [-0.2, 0) is 10.9 Å². The first kappa shape index (κ1) is 15.3. The second-order valence-corrected chi connectivity index (χ2v) is 5.64. The molecule has 0 atom stereocenters. The zero-order valence-electron chi connectivity index (χ0n) is 11.0. The van der Waals surface area contributed by atoms with Crippen LogP contribution < -0.4 is 4.31 Å². The van der Waals surface area contributed by atoms with Gasteiger partial charge >= 0.3 is 5.97 Å². The Kier molecular flexibility index (Phi) is 4.50. The van der Waals surface area contributed by atoms with Crippen molar-refractivity contribution in [2.45, 2.75) is 6.92 Å². The number of hydrogen-bond acceptors (Lipinski definition) is 3. The molecule has 0 spiro atoms. The van der Waals surface area contributed by atoms with E-state index in [0.717, 1.165) is 9.87 Å². The summed E-state index contributed by atoms with van der Waals surface area (Å²) in [5.74, 6) is -1.15. The molecule has 2 rings (SSSR count). The number of aromatic carboxylic acids is 1. The minimum atomic E-state index is -3.02. The summed E-state index contributed by atoms with van der Waals surface area (Å²) in [4.78, 5) is 11.0. The van der Waals surface area contributed by atoms with E-state index in [0.29, 0.717) is 5.69 Å². The average molecular weight is 326 g/mol. The van der Waals surface area contributed by atoms with Gasteiger partial charge in [-0.05, 0) is 37.3 Å². The molecule has 0 heterocycles. The molecular weight excluding hydrogens is 314 g/mol. The number of carboxylic acid groups (broad SMARTS) is 1. The highest BCUT2D eigenvalue weighted by molar-refractivity contribution is 7.74. The lowest BCUT2D eigenvalue weighted by Gasteiger charge is -2.19. The van der Waals surface area contributed by atoms with Crippen LogP contribution in [0.4, 0.5) is 11.4 Å². The number of rotatable bonds is 4. The van der Waals surface area contributed by atoms with E-state index in [-0.39, 0.29) is 16.3 Å². The van der Waals surface area contributed by atoms with Crippen molar-refractivity contribution in [2.24, 2.45) is 0 Å². The quantitative estimate of drug-likeness (QED) is 0.847. The van der Waals surface area contributed by atoms with Gasteiger partial charge in [0.25, 0.3) is 0 Å². The number of carboxylic acids is 1. The number of hydrogen-bond donors (Lipinski definition) is 2. The molecule has 5 nitrogen and oxygen atoms in total. The number of aryl methyl sites for hydroxylation is 1. The summed E-state index contributed by atoms with van der Waals surface area (Å²) < 4.78 is 24.1. The Balaban J connectivity index is 2.60. The summed E-state index contributed by atoms with van der Waals surface area (Å²) in [5, 5.41) is 9.17. The fourth-order valence-electron chi connectivity index (χ4n) is 1.82. The number of halogens is 1. The van der Waals surface area contributed by atoms with Crippen molar-refractivity contribution in [1.29, 1.82) is 0 Å². The third-order valence-corrected chi connectivity index (χ3v) is 3.96. The first-order valence-electron chi connectivity index (χ1n) is 5.94. The zero-order valence-corrected chi connectivity index (χ0v) is 12.6. The zero-order chi connectivity index (χ0) is 15.6. The molecule has 0 aliphatic carbocycles. The van der Waals surface area contributed by atoms with Gasteiger partial charge in [-0.25, -0.2) is 17.5 Å². The second-order valence-electron chi connectivity index (χ2n) is 4.36. The maximum atomic E-state index is 11.6. The summed E-state index contributed by atoms with van der Waals surface area (Å²) in [5.41, 5.74) is 1.44. The molecule has 1 N–H and O–H groups in total. The van der Waals surface area contributed by atoms with Crippen LogP contribution >= 0.6 is 11.6 Å². The van der Waals surface area contributed by atoms with E-state index in [1.54, 1.807) is 24.3 Å². The molecule has 0 aromatic heterocycles. The maximum Gasteiger partial charge on any atom is 0.335 e. The molecule has 21 heavy (non-hydrogen) atoms. The van der Waals surface area contributed by atoms with Crippen LogP contribution in [0, 0.1) is 6.92 Å². The second kappa shape index (κ2) is 6.15. The Bertz CT molecular complexity index is 748. The van der Waals surface area contributed by atoms with Crippen LogP contribution in [0.5, 0.6) is 0 Å². The number of carbonyl (C=O) groups is 1. The summed E-state index contributed by atoms with van der Waals surface area (Å²) in [6.45, 7) is 1.88. The van der Waals surface area contributed by atoms with Crippen LogP contribution in [0.2, 0.25) is 5.02 Å². The molecule has 7 heteroatoms. The summed E-state index contributed by atoms with van der Waals surface area (Å²) in [7, 11) is -3.02. The molecule has 0 radical (unpaired) electrons. The molecule has 0 aliphatic heterocycles. The Hall–Kier alpha value is -2.05. The van der Waals surface area contributed by atoms with Gasteiger partial charge in [-0.1, -0.05) is 29.3 Å². The van der Waals surface area contributed by atoms with Crippen molar-refractivity contribution >= 4 is 39.8 Å². The van der Waals surface area contributed by atoms with Gasteiger partial charge in [0.15, 0.2) is 0 Å². The SMILES string of the molecule is Cc1ccc(N(c2cc(C(=O)O)ccc2Cl)[SH](=O)=O)cc1. The third-order valence-electron chi connectivity index (χ3n) is 2.86. The topological polar surface area (TPSA) is 74.7 Å². The molecular formula is C14H12ClNO4S. The van der Waals surface area contributed by atoms with Gasteiger partial charge in [-0.15, -0.1) is 0 Å². The fourth-order valence-corrected chi connectivity index (χ4v) is 2.74. The minimum Gasteiger partial charge on any atom is -0.478 e. The van der Waals surface area contributed by atoms with Crippen LogP contribution in [0.1, 0.15) is 15.9 Å². The lowest BCUT2D eigenvalue weighted by atomic mass is 10.2. The standard InChI is InChI=1S/C14H12ClNO4S/c1-9-2-5-11(6-3-9)16(21(19)20)13-8-10(14(17)18)4-7-12(13)15/h2-8,21H,1H3,(H,17,18). The van der Waals surface area contributed by atoms with E-state index >= 15 is 0 Å². The van der Waals surface area contributed by atoms with Crippen molar-refractivity contribution in [3.63, 3.8) is 0 Å². The van der Waals surface area contributed by atoms with E-state index in [1.165, 1.54) is 18.2 Å². The lowest BCUT2D eigenvalue weighted by Crippen LogP contribution is -2.15. The predicted molar refractivity (Wildman–Crippen MR) is 82.0 cm³/mol. The van der Waals surface area contributed by atoms with Gasteiger partial charge in [0.2, 0.25) is 10.9 Å². The molecule has 0 fully saturated rings. The van der Waals surface area contributed by atoms with Crippen LogP contribution in [0.25, 0.3) is 0 Å². The van der Waals surface area contributed by atoms with E-state index in [1.807, 2.05) is 6.92 Å². The van der Waals surface area contributed by atoms with Gasteiger partial charge in [-0.3, -0.25) is 0 Å². The van der Waals surface area contributed by atoms with Gasteiger partial charge in [0.1, 0.15) is 0 Å². The normalized spacial score (nSPS) is 10.6. The van der Waals surface area contributed by atoms with Crippen molar-refractivity contribution in [1.82, 2.24) is 0 Å². The average Bonchev–Trinajstić information content (AvgIpc) is 2.42. The highest BCUT2D eigenvalue weighted by Gasteiger charge is 2.17. The van der Waals surface area contributed by atoms with E-state index in [9.17, 15) is 13.2 Å². The van der Waals surface area contributed by atoms with E-state index in [2.05, 4.69) is 0 Å². The smallest absolute Gasteiger partial charge is 0.335 e. The van der Waals surface area contributed by atoms with Crippen molar-refractivity contribution in [2.75, 3.05) is 4.31 Å². The number of benzene rings is 2. The largest absolute Gasteiger partial charge is 0.478 e. The van der Waals surface area contributed by atoms with E-state index < -0.39 is 16.9 Å². The Morgan fingerprint density at radius 3 is 2.29 bits per heavy atom. The Morgan fingerprint density at radius 1 is 1.14 bits per heavy atom.